The lowest BCUT2D eigenvalue weighted by atomic mass is 9.93. The summed E-state index contributed by atoms with van der Waals surface area (Å²) in [5, 5.41) is 15.0. The van der Waals surface area contributed by atoms with E-state index in [1.807, 2.05) is 62.4 Å². The van der Waals surface area contributed by atoms with Crippen molar-refractivity contribution in [3.8, 4) is 11.5 Å². The lowest BCUT2D eigenvalue weighted by molar-refractivity contribution is 0.0453. The quantitative estimate of drug-likeness (QED) is 0.638. The second-order valence-corrected chi connectivity index (χ2v) is 7.93. The summed E-state index contributed by atoms with van der Waals surface area (Å²) in [6, 6.07) is 15.9. The Bertz CT molecular complexity index is 982. The van der Waals surface area contributed by atoms with Crippen molar-refractivity contribution in [3.63, 3.8) is 0 Å². The Morgan fingerprint density at radius 1 is 1.13 bits per heavy atom. The maximum Gasteiger partial charge on any atom is 0.161 e. The first-order valence-electron chi connectivity index (χ1n) is 10.2. The second-order valence-electron chi connectivity index (χ2n) is 7.93. The Hall–Kier alpha value is -2.83. The lowest BCUT2D eigenvalue weighted by Crippen LogP contribution is -2.30. The highest BCUT2D eigenvalue weighted by Gasteiger charge is 2.37. The van der Waals surface area contributed by atoms with Crippen LogP contribution in [0.15, 0.2) is 53.1 Å². The van der Waals surface area contributed by atoms with Crippen molar-refractivity contribution in [3.05, 3.63) is 76.7 Å². The molecule has 1 fully saturated rings. The van der Waals surface area contributed by atoms with Crippen LogP contribution in [-0.4, -0.2) is 35.4 Å². The maximum atomic E-state index is 11.1. The molecular formula is C24H28N2O4. The molecule has 1 unspecified atom stereocenters. The highest BCUT2D eigenvalue weighted by Crippen LogP contribution is 2.34. The molecule has 30 heavy (non-hydrogen) atoms. The van der Waals surface area contributed by atoms with Crippen LogP contribution >= 0.6 is 0 Å². The van der Waals surface area contributed by atoms with E-state index >= 15 is 0 Å². The van der Waals surface area contributed by atoms with Gasteiger partial charge in [0.05, 0.1) is 18.4 Å². The summed E-state index contributed by atoms with van der Waals surface area (Å²) in [6.07, 6.45) is 0.729. The summed E-state index contributed by atoms with van der Waals surface area (Å²) in [5.41, 5.74) is 3.10. The SMILES string of the molecule is COc1cc(CN2CCC(O)(c3ccccc3)C2)ccc1OCc1c(C)noc1C. The summed E-state index contributed by atoms with van der Waals surface area (Å²) < 4.78 is 16.7. The molecule has 1 aliphatic rings. The lowest BCUT2D eigenvalue weighted by Gasteiger charge is -2.24. The minimum absolute atomic E-state index is 0.382. The summed E-state index contributed by atoms with van der Waals surface area (Å²) in [4.78, 5) is 2.27. The molecule has 4 rings (SSSR count). The monoisotopic (exact) mass is 408 g/mol. The van der Waals surface area contributed by atoms with E-state index in [1.54, 1.807) is 7.11 Å². The molecule has 2 aromatic carbocycles. The predicted molar refractivity (Wildman–Crippen MR) is 114 cm³/mol. The molecule has 3 aromatic rings. The van der Waals surface area contributed by atoms with Crippen molar-refractivity contribution in [2.45, 2.75) is 39.0 Å². The highest BCUT2D eigenvalue weighted by atomic mass is 16.5. The molecular weight excluding hydrogens is 380 g/mol. The number of rotatable bonds is 7. The number of ether oxygens (including phenoxy) is 2. The molecule has 0 bridgehead atoms. The Morgan fingerprint density at radius 3 is 2.63 bits per heavy atom. The third-order valence-corrected chi connectivity index (χ3v) is 5.83. The van der Waals surface area contributed by atoms with Gasteiger partial charge in [0.25, 0.3) is 0 Å². The average molecular weight is 408 g/mol. The Balaban J connectivity index is 1.42. The molecule has 1 atom stereocenters. The molecule has 2 heterocycles. The number of nitrogens with zero attached hydrogens (tertiary/aromatic N) is 2. The summed E-state index contributed by atoms with van der Waals surface area (Å²) in [7, 11) is 1.64. The van der Waals surface area contributed by atoms with Crippen molar-refractivity contribution in [2.75, 3.05) is 20.2 Å². The fourth-order valence-electron chi connectivity index (χ4n) is 4.04. The van der Waals surface area contributed by atoms with Crippen molar-refractivity contribution >= 4 is 0 Å². The van der Waals surface area contributed by atoms with E-state index in [2.05, 4.69) is 10.1 Å². The van der Waals surface area contributed by atoms with Crippen LogP contribution in [0.1, 0.15) is 34.6 Å². The van der Waals surface area contributed by atoms with Gasteiger partial charge >= 0.3 is 0 Å². The van der Waals surface area contributed by atoms with E-state index < -0.39 is 5.60 Å². The van der Waals surface area contributed by atoms with E-state index in [0.717, 1.165) is 47.7 Å². The maximum absolute atomic E-state index is 11.1. The van der Waals surface area contributed by atoms with Crippen LogP contribution in [-0.2, 0) is 18.8 Å². The molecule has 0 radical (unpaired) electrons. The minimum atomic E-state index is -0.789. The van der Waals surface area contributed by atoms with Gasteiger partial charge in [-0.1, -0.05) is 41.6 Å². The zero-order chi connectivity index (χ0) is 21.1. The normalized spacial score (nSPS) is 19.2. The largest absolute Gasteiger partial charge is 0.493 e. The van der Waals surface area contributed by atoms with Crippen molar-refractivity contribution in [1.29, 1.82) is 0 Å². The van der Waals surface area contributed by atoms with Gasteiger partial charge < -0.3 is 19.1 Å². The van der Waals surface area contributed by atoms with Gasteiger partial charge in [-0.2, -0.15) is 0 Å². The highest BCUT2D eigenvalue weighted by molar-refractivity contribution is 5.43. The number of β-amino-alcohol motifs (C(OH)–C–C–N with tert-alkyl or cyclic N) is 1. The number of aryl methyl sites for hydroxylation is 2. The molecule has 0 saturated carbocycles. The molecule has 1 aromatic heterocycles. The van der Waals surface area contributed by atoms with E-state index in [-0.39, 0.29) is 0 Å². The predicted octanol–water partition coefficient (Wildman–Crippen LogP) is 3.97. The van der Waals surface area contributed by atoms with Gasteiger partial charge in [-0.05, 0) is 43.5 Å². The van der Waals surface area contributed by atoms with Crippen molar-refractivity contribution in [1.82, 2.24) is 10.1 Å². The third-order valence-electron chi connectivity index (χ3n) is 5.83. The number of hydrogen-bond donors (Lipinski definition) is 1. The number of benzene rings is 2. The molecule has 0 aliphatic carbocycles. The number of hydrogen-bond acceptors (Lipinski definition) is 6. The first-order valence-corrected chi connectivity index (χ1v) is 10.2. The fraction of sp³-hybridized carbons (Fsp3) is 0.375. The van der Waals surface area contributed by atoms with E-state index in [0.29, 0.717) is 24.7 Å². The van der Waals surface area contributed by atoms with Gasteiger partial charge in [0, 0.05) is 19.6 Å². The van der Waals surface area contributed by atoms with Gasteiger partial charge in [-0.15, -0.1) is 0 Å². The van der Waals surface area contributed by atoms with E-state index in [9.17, 15) is 5.11 Å². The Morgan fingerprint density at radius 2 is 1.93 bits per heavy atom. The fourth-order valence-corrected chi connectivity index (χ4v) is 4.04. The minimum Gasteiger partial charge on any atom is -0.493 e. The summed E-state index contributed by atoms with van der Waals surface area (Å²) >= 11 is 0. The second kappa shape index (κ2) is 8.50. The van der Waals surface area contributed by atoms with Crippen LogP contribution < -0.4 is 9.47 Å². The average Bonchev–Trinajstić information content (AvgIpc) is 3.30. The van der Waals surface area contributed by atoms with E-state index in [4.69, 9.17) is 14.0 Å². The van der Waals surface area contributed by atoms with Crippen LogP contribution in [0.2, 0.25) is 0 Å². The molecule has 1 aliphatic heterocycles. The molecule has 0 spiro atoms. The number of methoxy groups -OCH3 is 1. The Kier molecular flexibility index (Phi) is 5.79. The zero-order valence-corrected chi connectivity index (χ0v) is 17.7. The number of likely N-dealkylation sites (tertiary alicyclic amines) is 1. The topological polar surface area (TPSA) is 68.0 Å². The number of aliphatic hydroxyl groups is 1. The number of aromatic nitrogens is 1. The first-order chi connectivity index (χ1) is 14.5. The van der Waals surface area contributed by atoms with Crippen LogP contribution in [0.4, 0.5) is 0 Å². The summed E-state index contributed by atoms with van der Waals surface area (Å²) in [6.45, 7) is 6.37. The van der Waals surface area contributed by atoms with Crippen molar-refractivity contribution in [2.24, 2.45) is 0 Å². The first kappa shape index (κ1) is 20.4. The smallest absolute Gasteiger partial charge is 0.161 e. The molecule has 1 N–H and O–H groups in total. The third kappa shape index (κ3) is 4.20. The molecule has 6 heteroatoms. The van der Waals surface area contributed by atoms with Gasteiger partial charge in [0.2, 0.25) is 0 Å². The van der Waals surface area contributed by atoms with Gasteiger partial charge in [0.1, 0.15) is 18.0 Å². The molecule has 6 nitrogen and oxygen atoms in total. The Labute approximate surface area is 177 Å². The zero-order valence-electron chi connectivity index (χ0n) is 17.7. The standard InChI is InChI=1S/C24H28N2O4/c1-17-21(18(2)30-25-17)15-29-22-10-9-19(13-23(22)28-3)14-26-12-11-24(27,16-26)20-7-5-4-6-8-20/h4-10,13,27H,11-12,14-16H2,1-3H3. The molecule has 0 amide bonds. The summed E-state index contributed by atoms with van der Waals surface area (Å²) in [5.74, 6) is 2.14. The van der Waals surface area contributed by atoms with Crippen LogP contribution in [0.5, 0.6) is 11.5 Å². The van der Waals surface area contributed by atoms with Crippen LogP contribution in [0.3, 0.4) is 0 Å². The van der Waals surface area contributed by atoms with E-state index in [1.165, 1.54) is 0 Å². The molecule has 1 saturated heterocycles. The van der Waals surface area contributed by atoms with Crippen LogP contribution in [0, 0.1) is 13.8 Å². The van der Waals surface area contributed by atoms with Crippen LogP contribution in [0.25, 0.3) is 0 Å². The van der Waals surface area contributed by atoms with Crippen molar-refractivity contribution < 1.29 is 19.1 Å². The van der Waals surface area contributed by atoms with Gasteiger partial charge in [0.15, 0.2) is 11.5 Å². The van der Waals surface area contributed by atoms with Gasteiger partial charge in [-0.3, -0.25) is 4.90 Å². The van der Waals surface area contributed by atoms with Gasteiger partial charge in [-0.25, -0.2) is 0 Å². The molecule has 158 valence electrons.